The number of amides is 2. The molecular weight excluding hydrogens is 310 g/mol. The second-order valence-electron chi connectivity index (χ2n) is 4.58. The van der Waals surface area contributed by atoms with Crippen molar-refractivity contribution in [1.29, 1.82) is 0 Å². The summed E-state index contributed by atoms with van der Waals surface area (Å²) in [6, 6.07) is 4.95. The first kappa shape index (κ1) is 14.0. The van der Waals surface area contributed by atoms with Gasteiger partial charge in [-0.25, -0.2) is 0 Å². The van der Waals surface area contributed by atoms with Gasteiger partial charge in [-0.05, 0) is 24.6 Å². The lowest BCUT2D eigenvalue weighted by atomic mass is 10.1. The fourth-order valence-electron chi connectivity index (χ4n) is 2.18. The fourth-order valence-corrected chi connectivity index (χ4v) is 2.54. The van der Waals surface area contributed by atoms with E-state index in [1.165, 1.54) is 0 Å². The number of nitrogens with one attached hydrogen (secondary N) is 1. The molecule has 3 N–H and O–H groups in total. The number of piperazine rings is 1. The summed E-state index contributed by atoms with van der Waals surface area (Å²) in [6.07, 6.45) is 0. The van der Waals surface area contributed by atoms with Crippen LogP contribution in [0.15, 0.2) is 22.7 Å². The Bertz CT molecular complexity index is 519. The molecule has 6 heteroatoms. The van der Waals surface area contributed by atoms with Gasteiger partial charge in [0.25, 0.3) is 5.91 Å². The molecule has 1 aromatic carbocycles. The Kier molecular flexibility index (Phi) is 4.21. The van der Waals surface area contributed by atoms with E-state index < -0.39 is 11.9 Å². The lowest BCUT2D eigenvalue weighted by molar-refractivity contribution is -0.122. The summed E-state index contributed by atoms with van der Waals surface area (Å²) in [5, 5.41) is 3.07. The molecule has 102 valence electrons. The molecule has 1 aromatic rings. The summed E-state index contributed by atoms with van der Waals surface area (Å²) in [4.78, 5) is 25.5. The van der Waals surface area contributed by atoms with E-state index in [9.17, 15) is 9.59 Å². The van der Waals surface area contributed by atoms with Crippen LogP contribution in [0.25, 0.3) is 0 Å². The number of primary amides is 1. The molecule has 1 aliphatic rings. The molecule has 2 amide bonds. The number of rotatable bonds is 2. The highest BCUT2D eigenvalue weighted by Gasteiger charge is 2.31. The maximum Gasteiger partial charge on any atom is 0.254 e. The number of hydrogen-bond acceptors (Lipinski definition) is 3. The quantitative estimate of drug-likeness (QED) is 0.838. The largest absolute Gasteiger partial charge is 0.368 e. The van der Waals surface area contributed by atoms with Crippen LogP contribution in [0.3, 0.4) is 0 Å². The van der Waals surface area contributed by atoms with E-state index in [0.29, 0.717) is 25.2 Å². The number of carbonyl (C=O) groups is 2. The molecule has 5 nitrogen and oxygen atoms in total. The van der Waals surface area contributed by atoms with Gasteiger partial charge >= 0.3 is 0 Å². The number of hydrogen-bond donors (Lipinski definition) is 2. The summed E-state index contributed by atoms with van der Waals surface area (Å²) in [5.74, 6) is -0.628. The first-order valence-electron chi connectivity index (χ1n) is 6.08. The number of nitrogens with zero attached hydrogens (tertiary/aromatic N) is 1. The molecule has 0 saturated carbocycles. The molecule has 19 heavy (non-hydrogen) atoms. The Morgan fingerprint density at radius 3 is 2.89 bits per heavy atom. The van der Waals surface area contributed by atoms with Crippen LogP contribution in [0.2, 0.25) is 0 Å². The van der Waals surface area contributed by atoms with Crippen LogP contribution in [-0.4, -0.2) is 42.4 Å². The van der Waals surface area contributed by atoms with Gasteiger partial charge in [-0.1, -0.05) is 22.0 Å². The Balaban J connectivity index is 2.31. The molecule has 2 rings (SSSR count). The van der Waals surface area contributed by atoms with E-state index in [0.717, 1.165) is 10.0 Å². The predicted octanol–water partition coefficient (Wildman–Crippen LogP) is 0.657. The first-order chi connectivity index (χ1) is 9.00. The van der Waals surface area contributed by atoms with Crippen molar-refractivity contribution >= 4 is 27.7 Å². The summed E-state index contributed by atoms with van der Waals surface area (Å²) in [5.41, 5.74) is 6.84. The summed E-state index contributed by atoms with van der Waals surface area (Å²) in [6.45, 7) is 3.44. The molecule has 1 heterocycles. The Hall–Kier alpha value is -1.40. The zero-order chi connectivity index (χ0) is 14.0. The van der Waals surface area contributed by atoms with Gasteiger partial charge in [-0.15, -0.1) is 0 Å². The highest BCUT2D eigenvalue weighted by atomic mass is 79.9. The minimum atomic E-state index is -0.584. The maximum absolute atomic E-state index is 12.6. The second-order valence-corrected chi connectivity index (χ2v) is 5.50. The fraction of sp³-hybridized carbons (Fsp3) is 0.385. The average Bonchev–Trinajstić information content (AvgIpc) is 2.40. The smallest absolute Gasteiger partial charge is 0.254 e. The molecule has 0 aliphatic carbocycles. The van der Waals surface area contributed by atoms with Crippen molar-refractivity contribution in [3.8, 4) is 0 Å². The van der Waals surface area contributed by atoms with Crippen LogP contribution in [0.4, 0.5) is 0 Å². The predicted molar refractivity (Wildman–Crippen MR) is 75.8 cm³/mol. The standard InChI is InChI=1S/C13H16BrN3O2/c1-8-2-3-9(14)6-10(8)13(19)17-5-4-16-7-11(17)12(15)18/h2-3,6,11,16H,4-5,7H2,1H3,(H2,15,18). The van der Waals surface area contributed by atoms with Crippen molar-refractivity contribution in [2.24, 2.45) is 5.73 Å². The van der Waals surface area contributed by atoms with Gasteiger partial charge in [0.15, 0.2) is 0 Å². The van der Waals surface area contributed by atoms with E-state index in [1.54, 1.807) is 11.0 Å². The molecule has 1 saturated heterocycles. The van der Waals surface area contributed by atoms with Crippen molar-refractivity contribution in [2.45, 2.75) is 13.0 Å². The zero-order valence-corrected chi connectivity index (χ0v) is 12.2. The van der Waals surface area contributed by atoms with Crippen molar-refractivity contribution in [3.05, 3.63) is 33.8 Å². The molecule has 1 atom stereocenters. The Labute approximate surface area is 120 Å². The summed E-state index contributed by atoms with van der Waals surface area (Å²) < 4.78 is 0.840. The van der Waals surface area contributed by atoms with Gasteiger partial charge in [-0.3, -0.25) is 9.59 Å². The van der Waals surface area contributed by atoms with E-state index in [-0.39, 0.29) is 5.91 Å². The van der Waals surface area contributed by atoms with Gasteiger partial charge in [0.2, 0.25) is 5.91 Å². The monoisotopic (exact) mass is 325 g/mol. The molecule has 1 fully saturated rings. The van der Waals surface area contributed by atoms with Gasteiger partial charge in [-0.2, -0.15) is 0 Å². The van der Waals surface area contributed by atoms with Gasteiger partial charge in [0.05, 0.1) is 0 Å². The van der Waals surface area contributed by atoms with Crippen molar-refractivity contribution in [2.75, 3.05) is 19.6 Å². The van der Waals surface area contributed by atoms with E-state index in [1.807, 2.05) is 19.1 Å². The van der Waals surface area contributed by atoms with Crippen LogP contribution >= 0.6 is 15.9 Å². The van der Waals surface area contributed by atoms with Crippen molar-refractivity contribution < 1.29 is 9.59 Å². The zero-order valence-electron chi connectivity index (χ0n) is 10.6. The minimum Gasteiger partial charge on any atom is -0.368 e. The number of benzene rings is 1. The van der Waals surface area contributed by atoms with Crippen LogP contribution < -0.4 is 11.1 Å². The number of aryl methyl sites for hydroxylation is 1. The number of carbonyl (C=O) groups excluding carboxylic acids is 2. The normalized spacial score (nSPS) is 19.3. The third kappa shape index (κ3) is 2.96. The van der Waals surface area contributed by atoms with Crippen LogP contribution in [0.5, 0.6) is 0 Å². The highest BCUT2D eigenvalue weighted by Crippen LogP contribution is 2.19. The van der Waals surface area contributed by atoms with Crippen molar-refractivity contribution in [3.63, 3.8) is 0 Å². The summed E-state index contributed by atoms with van der Waals surface area (Å²) in [7, 11) is 0. The average molecular weight is 326 g/mol. The second kappa shape index (κ2) is 5.71. The van der Waals surface area contributed by atoms with Crippen LogP contribution in [0.1, 0.15) is 15.9 Å². The molecule has 1 aliphatic heterocycles. The Morgan fingerprint density at radius 2 is 2.21 bits per heavy atom. The van der Waals surface area contributed by atoms with Crippen LogP contribution in [0, 0.1) is 6.92 Å². The molecule has 0 radical (unpaired) electrons. The summed E-state index contributed by atoms with van der Waals surface area (Å²) >= 11 is 3.36. The molecule has 1 unspecified atom stereocenters. The molecule has 0 spiro atoms. The third-order valence-electron chi connectivity index (χ3n) is 3.26. The van der Waals surface area contributed by atoms with Gasteiger partial charge < -0.3 is 16.0 Å². The SMILES string of the molecule is Cc1ccc(Br)cc1C(=O)N1CCNCC1C(N)=O. The highest BCUT2D eigenvalue weighted by molar-refractivity contribution is 9.10. The Morgan fingerprint density at radius 1 is 1.47 bits per heavy atom. The molecule has 0 aromatic heterocycles. The van der Waals surface area contributed by atoms with E-state index >= 15 is 0 Å². The van der Waals surface area contributed by atoms with Gasteiger partial charge in [0.1, 0.15) is 6.04 Å². The lowest BCUT2D eigenvalue weighted by Crippen LogP contribution is -2.58. The number of halogens is 1. The lowest BCUT2D eigenvalue weighted by Gasteiger charge is -2.34. The topological polar surface area (TPSA) is 75.4 Å². The third-order valence-corrected chi connectivity index (χ3v) is 3.76. The van der Waals surface area contributed by atoms with Gasteiger partial charge in [0, 0.05) is 29.7 Å². The molecule has 0 bridgehead atoms. The minimum absolute atomic E-state index is 0.149. The van der Waals surface area contributed by atoms with Crippen LogP contribution in [-0.2, 0) is 4.79 Å². The molecular formula is C13H16BrN3O2. The maximum atomic E-state index is 12.6. The first-order valence-corrected chi connectivity index (χ1v) is 6.87. The number of nitrogens with two attached hydrogens (primary N) is 1. The van der Waals surface area contributed by atoms with Crippen molar-refractivity contribution in [1.82, 2.24) is 10.2 Å². The van der Waals surface area contributed by atoms with E-state index in [2.05, 4.69) is 21.2 Å². The van der Waals surface area contributed by atoms with E-state index in [4.69, 9.17) is 5.73 Å².